The molecule has 142 valence electrons. The molecule has 1 heterocycles. The van der Waals surface area contributed by atoms with E-state index in [9.17, 15) is 4.79 Å². The van der Waals surface area contributed by atoms with Crippen LogP contribution in [0.3, 0.4) is 0 Å². The van der Waals surface area contributed by atoms with Crippen molar-refractivity contribution in [1.82, 2.24) is 4.98 Å². The molecule has 3 nitrogen and oxygen atoms in total. The molecular formula is C24H17BrNO2P. The summed E-state index contributed by atoms with van der Waals surface area (Å²) in [7, 11) is -0.879. The molecule has 4 aromatic rings. The third-order valence-corrected chi connectivity index (χ3v) is 7.43. The fourth-order valence-corrected chi connectivity index (χ4v) is 5.79. The summed E-state index contributed by atoms with van der Waals surface area (Å²) in [5, 5.41) is 3.38. The van der Waals surface area contributed by atoms with E-state index in [1.807, 2.05) is 60.7 Å². The Hall–Kier alpha value is -2.81. The van der Waals surface area contributed by atoms with Gasteiger partial charge in [0.05, 0.1) is 5.56 Å². The molecule has 0 saturated heterocycles. The topological polar surface area (TPSA) is 39.2 Å². The Bertz CT molecular complexity index is 1080. The zero-order valence-corrected chi connectivity index (χ0v) is 17.9. The molecular weight excluding hydrogens is 445 g/mol. The summed E-state index contributed by atoms with van der Waals surface area (Å²) in [5.74, 6) is 0.126. The van der Waals surface area contributed by atoms with E-state index >= 15 is 0 Å². The van der Waals surface area contributed by atoms with Gasteiger partial charge < -0.3 is 4.74 Å². The van der Waals surface area contributed by atoms with Crippen LogP contribution in [0.1, 0.15) is 10.4 Å². The van der Waals surface area contributed by atoms with Crippen LogP contribution in [0.15, 0.2) is 108 Å². The first-order chi connectivity index (χ1) is 14.2. The largest absolute Gasteiger partial charge is 0.422 e. The number of para-hydroxylation sites is 1. The number of carbonyl (C=O) groups excluding carboxylic acids is 1. The quantitative estimate of drug-likeness (QED) is 0.185. The molecule has 0 aliphatic rings. The Labute approximate surface area is 179 Å². The minimum absolute atomic E-state index is 0.394. The van der Waals surface area contributed by atoms with Gasteiger partial charge in [0.15, 0.2) is 0 Å². The summed E-state index contributed by atoms with van der Waals surface area (Å²) in [6.45, 7) is 0. The second-order valence-corrected chi connectivity index (χ2v) is 9.14. The number of esters is 1. The maximum atomic E-state index is 12.8. The molecule has 5 heteroatoms. The number of aromatic nitrogens is 1. The first-order valence-electron chi connectivity index (χ1n) is 9.06. The highest BCUT2D eigenvalue weighted by atomic mass is 79.9. The SMILES string of the molecule is O=C(Oc1ccccc1P(c1ccccc1)c1ccccc1)c1cccnc1Br. The molecule has 0 amide bonds. The highest BCUT2D eigenvalue weighted by Crippen LogP contribution is 2.36. The van der Waals surface area contributed by atoms with E-state index in [0.29, 0.717) is 15.9 Å². The van der Waals surface area contributed by atoms with E-state index in [-0.39, 0.29) is 0 Å². The van der Waals surface area contributed by atoms with Gasteiger partial charge in [0.25, 0.3) is 0 Å². The lowest BCUT2D eigenvalue weighted by atomic mass is 10.3. The molecule has 0 atom stereocenters. The zero-order valence-electron chi connectivity index (χ0n) is 15.4. The zero-order chi connectivity index (χ0) is 20.1. The van der Waals surface area contributed by atoms with Gasteiger partial charge in [-0.2, -0.15) is 0 Å². The van der Waals surface area contributed by atoms with E-state index in [1.54, 1.807) is 18.3 Å². The highest BCUT2D eigenvalue weighted by molar-refractivity contribution is 9.10. The molecule has 0 unspecified atom stereocenters. The van der Waals surface area contributed by atoms with Crippen molar-refractivity contribution >= 4 is 45.7 Å². The van der Waals surface area contributed by atoms with Crippen LogP contribution in [-0.2, 0) is 0 Å². The molecule has 1 aromatic heterocycles. The van der Waals surface area contributed by atoms with Crippen LogP contribution < -0.4 is 20.7 Å². The number of hydrogen-bond acceptors (Lipinski definition) is 3. The van der Waals surface area contributed by atoms with Gasteiger partial charge in [-0.05, 0) is 52.7 Å². The van der Waals surface area contributed by atoms with E-state index < -0.39 is 13.9 Å². The van der Waals surface area contributed by atoms with Crippen LogP contribution in [0.4, 0.5) is 0 Å². The Morgan fingerprint density at radius 3 is 1.97 bits per heavy atom. The minimum atomic E-state index is -0.879. The van der Waals surface area contributed by atoms with Gasteiger partial charge in [-0.3, -0.25) is 0 Å². The summed E-state index contributed by atoms with van der Waals surface area (Å²) in [4.78, 5) is 16.9. The van der Waals surface area contributed by atoms with Gasteiger partial charge in [0.1, 0.15) is 10.4 Å². The van der Waals surface area contributed by atoms with Crippen LogP contribution in [0, 0.1) is 0 Å². The van der Waals surface area contributed by atoms with Gasteiger partial charge in [-0.15, -0.1) is 0 Å². The summed E-state index contributed by atoms with van der Waals surface area (Å²) in [5.41, 5.74) is 0.394. The van der Waals surface area contributed by atoms with Gasteiger partial charge in [-0.25, -0.2) is 9.78 Å². The summed E-state index contributed by atoms with van der Waals surface area (Å²) < 4.78 is 6.31. The third kappa shape index (κ3) is 4.45. The van der Waals surface area contributed by atoms with Crippen LogP contribution >= 0.6 is 23.9 Å². The molecule has 0 aliphatic heterocycles. The van der Waals surface area contributed by atoms with Crippen molar-refractivity contribution in [2.24, 2.45) is 0 Å². The maximum Gasteiger partial charge on any atom is 0.346 e. The van der Waals surface area contributed by atoms with Crippen molar-refractivity contribution in [2.45, 2.75) is 0 Å². The number of carbonyl (C=O) groups is 1. The van der Waals surface area contributed by atoms with Crippen LogP contribution in [-0.4, -0.2) is 11.0 Å². The normalized spacial score (nSPS) is 10.7. The number of hydrogen-bond donors (Lipinski definition) is 0. The monoisotopic (exact) mass is 461 g/mol. The Morgan fingerprint density at radius 1 is 0.759 bits per heavy atom. The highest BCUT2D eigenvalue weighted by Gasteiger charge is 2.22. The lowest BCUT2D eigenvalue weighted by Crippen LogP contribution is -2.23. The van der Waals surface area contributed by atoms with Gasteiger partial charge in [0, 0.05) is 11.5 Å². The van der Waals surface area contributed by atoms with Crippen molar-refractivity contribution in [3.05, 3.63) is 113 Å². The summed E-state index contributed by atoms with van der Waals surface area (Å²) in [6, 6.07) is 31.8. The Kier molecular flexibility index (Phi) is 6.14. The van der Waals surface area contributed by atoms with Crippen molar-refractivity contribution in [3.63, 3.8) is 0 Å². The molecule has 4 rings (SSSR count). The molecule has 0 bridgehead atoms. The molecule has 0 aliphatic carbocycles. The maximum absolute atomic E-state index is 12.8. The predicted octanol–water partition coefficient (Wildman–Crippen LogP) is 4.82. The second-order valence-electron chi connectivity index (χ2n) is 6.21. The average molecular weight is 462 g/mol. The molecule has 0 radical (unpaired) electrons. The lowest BCUT2D eigenvalue weighted by molar-refractivity contribution is 0.0735. The summed E-state index contributed by atoms with van der Waals surface area (Å²) in [6.07, 6.45) is 1.62. The Morgan fingerprint density at radius 2 is 1.34 bits per heavy atom. The predicted molar refractivity (Wildman–Crippen MR) is 122 cm³/mol. The van der Waals surface area contributed by atoms with Crippen molar-refractivity contribution in [3.8, 4) is 5.75 Å². The number of pyridine rings is 1. The van der Waals surface area contributed by atoms with Crippen LogP contribution in [0.25, 0.3) is 0 Å². The number of benzene rings is 3. The van der Waals surface area contributed by atoms with Crippen molar-refractivity contribution in [2.75, 3.05) is 0 Å². The van der Waals surface area contributed by atoms with Crippen molar-refractivity contribution < 1.29 is 9.53 Å². The van der Waals surface area contributed by atoms with Gasteiger partial charge in [0.2, 0.25) is 0 Å². The number of ether oxygens (including phenoxy) is 1. The van der Waals surface area contributed by atoms with E-state index in [0.717, 1.165) is 5.30 Å². The van der Waals surface area contributed by atoms with Crippen molar-refractivity contribution in [1.29, 1.82) is 0 Å². The first kappa shape index (κ1) is 19.5. The number of rotatable bonds is 5. The number of halogens is 1. The minimum Gasteiger partial charge on any atom is -0.422 e. The lowest BCUT2D eigenvalue weighted by Gasteiger charge is -2.21. The third-order valence-electron chi connectivity index (χ3n) is 4.32. The first-order valence-corrected chi connectivity index (χ1v) is 11.2. The number of nitrogens with zero attached hydrogens (tertiary/aromatic N) is 1. The van der Waals surface area contributed by atoms with Crippen LogP contribution in [0.2, 0.25) is 0 Å². The molecule has 3 aromatic carbocycles. The van der Waals surface area contributed by atoms with E-state index in [4.69, 9.17) is 4.74 Å². The molecule has 0 N–H and O–H groups in total. The molecule has 0 fully saturated rings. The fraction of sp³-hybridized carbons (Fsp3) is 0. The van der Waals surface area contributed by atoms with Crippen LogP contribution in [0.5, 0.6) is 5.75 Å². The second kappa shape index (κ2) is 9.13. The molecule has 0 saturated carbocycles. The smallest absolute Gasteiger partial charge is 0.346 e. The summed E-state index contributed by atoms with van der Waals surface area (Å²) >= 11 is 3.32. The van der Waals surface area contributed by atoms with E-state index in [2.05, 4.69) is 45.2 Å². The fourth-order valence-electron chi connectivity index (χ4n) is 3.00. The van der Waals surface area contributed by atoms with Gasteiger partial charge in [-0.1, -0.05) is 78.9 Å². The standard InChI is InChI=1S/C24H17BrNO2P/c25-23-20(14-9-17-26-23)24(27)28-21-15-7-8-16-22(21)29(18-10-3-1-4-11-18)19-12-5-2-6-13-19/h1-17H. The van der Waals surface area contributed by atoms with E-state index in [1.165, 1.54) is 10.6 Å². The molecule has 0 spiro atoms. The Balaban J connectivity index is 1.77. The molecule has 29 heavy (non-hydrogen) atoms. The van der Waals surface area contributed by atoms with Gasteiger partial charge >= 0.3 is 5.97 Å². The average Bonchev–Trinajstić information content (AvgIpc) is 2.77.